The van der Waals surface area contributed by atoms with Crippen LogP contribution in [0.5, 0.6) is 0 Å². The lowest BCUT2D eigenvalue weighted by molar-refractivity contribution is 0.277. The number of para-hydroxylation sites is 1. The van der Waals surface area contributed by atoms with E-state index >= 15 is 0 Å². The van der Waals surface area contributed by atoms with E-state index in [1.165, 1.54) is 22.0 Å². The normalized spacial score (nSPS) is 15.3. The van der Waals surface area contributed by atoms with E-state index in [-0.39, 0.29) is 0 Å². The monoisotopic (exact) mass is 327 g/mol. The molecule has 0 saturated carbocycles. The summed E-state index contributed by atoms with van der Waals surface area (Å²) in [5, 5.41) is 6.91. The van der Waals surface area contributed by atoms with Crippen molar-refractivity contribution in [3.05, 3.63) is 60.2 Å². The molecule has 4 rings (SSSR count). The molecule has 23 heavy (non-hydrogen) atoms. The predicted octanol–water partition coefficient (Wildman–Crippen LogP) is 3.65. The molecule has 0 atom stereocenters. The fourth-order valence-corrected chi connectivity index (χ4v) is 3.64. The Kier molecular flexibility index (Phi) is 5.20. The molecule has 0 unspecified atom stereocenters. The molecule has 2 heterocycles. The molecule has 0 bridgehead atoms. The smallest absolute Gasteiger partial charge is 0.141 e. The molecule has 0 radical (unpaired) electrons. The third-order valence-corrected chi connectivity index (χ3v) is 4.65. The van der Waals surface area contributed by atoms with Crippen LogP contribution >= 0.6 is 11.8 Å². The first kappa shape index (κ1) is 15.9. The zero-order chi connectivity index (χ0) is 16.1. The zero-order valence-corrected chi connectivity index (χ0v) is 14.3. The van der Waals surface area contributed by atoms with Crippen molar-refractivity contribution in [2.24, 2.45) is 5.10 Å². The first-order chi connectivity index (χ1) is 11.3. The Bertz CT molecular complexity index is 675. The Labute approximate surface area is 141 Å². The highest BCUT2D eigenvalue weighted by molar-refractivity contribution is 8.00. The van der Waals surface area contributed by atoms with Gasteiger partial charge in [0.25, 0.3) is 0 Å². The number of fused-ring (bicyclic) bond motifs is 3. The number of nitrogens with zero attached hydrogens (tertiary/aromatic N) is 3. The van der Waals surface area contributed by atoms with Crippen molar-refractivity contribution in [2.45, 2.75) is 11.4 Å². The van der Waals surface area contributed by atoms with Gasteiger partial charge in [-0.05, 0) is 17.7 Å². The standard InChI is InChI=1S/C16H15N3S.C2H6O/c1-2-6-13(7-3-1)10-18-12-19-14-8-4-5-9-15(14)20-11-16(19)17-18;1-3-2/h1-9H,10-12H2;1-2H3. The fourth-order valence-electron chi connectivity index (χ4n) is 2.64. The second-order valence-corrected chi connectivity index (χ2v) is 6.42. The molecule has 2 aliphatic rings. The SMILES string of the molecule is COC.c1ccc(CN2CN3C(=N2)CSc2ccccc23)cc1. The third kappa shape index (κ3) is 3.68. The quantitative estimate of drug-likeness (QED) is 0.842. The van der Waals surface area contributed by atoms with Crippen molar-refractivity contribution in [2.75, 3.05) is 31.5 Å². The molecule has 2 aromatic rings. The van der Waals surface area contributed by atoms with Crippen LogP contribution in [-0.2, 0) is 11.3 Å². The van der Waals surface area contributed by atoms with Crippen LogP contribution < -0.4 is 4.90 Å². The number of ether oxygens (including phenoxy) is 1. The molecule has 4 nitrogen and oxygen atoms in total. The molecular weight excluding hydrogens is 306 g/mol. The highest BCUT2D eigenvalue weighted by Crippen LogP contribution is 2.37. The van der Waals surface area contributed by atoms with Crippen LogP contribution in [-0.4, -0.2) is 37.5 Å². The van der Waals surface area contributed by atoms with Gasteiger partial charge < -0.3 is 9.64 Å². The van der Waals surface area contributed by atoms with Crippen molar-refractivity contribution in [1.29, 1.82) is 0 Å². The second-order valence-electron chi connectivity index (χ2n) is 5.40. The van der Waals surface area contributed by atoms with Crippen LogP contribution in [0.2, 0.25) is 0 Å². The summed E-state index contributed by atoms with van der Waals surface area (Å²) in [7, 11) is 3.25. The van der Waals surface area contributed by atoms with Gasteiger partial charge in [-0.2, -0.15) is 5.10 Å². The summed E-state index contributed by atoms with van der Waals surface area (Å²) in [6.07, 6.45) is 0. The summed E-state index contributed by atoms with van der Waals surface area (Å²) < 4.78 is 4.25. The summed E-state index contributed by atoms with van der Waals surface area (Å²) in [5.41, 5.74) is 2.59. The van der Waals surface area contributed by atoms with Gasteiger partial charge in [-0.1, -0.05) is 42.5 Å². The van der Waals surface area contributed by atoms with Crippen LogP contribution in [0.25, 0.3) is 0 Å². The molecule has 2 aliphatic heterocycles. The third-order valence-electron chi connectivity index (χ3n) is 3.59. The Morgan fingerprint density at radius 1 is 1.04 bits per heavy atom. The number of thioether (sulfide) groups is 1. The minimum Gasteiger partial charge on any atom is -0.388 e. The minimum absolute atomic E-state index is 0.849. The topological polar surface area (TPSA) is 28.1 Å². The lowest BCUT2D eigenvalue weighted by atomic mass is 10.2. The lowest BCUT2D eigenvalue weighted by Crippen LogP contribution is -2.34. The van der Waals surface area contributed by atoms with Crippen LogP contribution in [0.4, 0.5) is 5.69 Å². The maximum absolute atomic E-state index is 4.76. The van der Waals surface area contributed by atoms with E-state index < -0.39 is 0 Å². The minimum atomic E-state index is 0.849. The molecule has 0 aromatic heterocycles. The Morgan fingerprint density at radius 3 is 2.52 bits per heavy atom. The van der Waals surface area contributed by atoms with Crippen molar-refractivity contribution < 1.29 is 4.74 Å². The number of benzene rings is 2. The summed E-state index contributed by atoms with van der Waals surface area (Å²) in [5.74, 6) is 2.13. The average molecular weight is 327 g/mol. The summed E-state index contributed by atoms with van der Waals surface area (Å²) in [4.78, 5) is 3.68. The number of hydrogen-bond acceptors (Lipinski definition) is 5. The molecule has 0 fully saturated rings. The van der Waals surface area contributed by atoms with Gasteiger partial charge in [0.15, 0.2) is 0 Å². The Balaban J connectivity index is 0.000000485. The number of hydrogen-bond donors (Lipinski definition) is 0. The number of amidine groups is 1. The maximum Gasteiger partial charge on any atom is 0.141 e. The Morgan fingerprint density at radius 2 is 1.74 bits per heavy atom. The highest BCUT2D eigenvalue weighted by atomic mass is 32.2. The van der Waals surface area contributed by atoms with Gasteiger partial charge in [-0.25, -0.2) is 0 Å². The molecule has 0 saturated heterocycles. The van der Waals surface area contributed by atoms with Gasteiger partial charge in [0.1, 0.15) is 12.5 Å². The van der Waals surface area contributed by atoms with Gasteiger partial charge >= 0.3 is 0 Å². The van der Waals surface area contributed by atoms with Crippen molar-refractivity contribution in [3.8, 4) is 0 Å². The van der Waals surface area contributed by atoms with Gasteiger partial charge in [-0.15, -0.1) is 11.8 Å². The molecule has 120 valence electrons. The van der Waals surface area contributed by atoms with E-state index in [1.807, 2.05) is 11.8 Å². The average Bonchev–Trinajstić information content (AvgIpc) is 2.99. The maximum atomic E-state index is 4.76. The predicted molar refractivity (Wildman–Crippen MR) is 96.9 cm³/mol. The number of anilines is 1. The summed E-state index contributed by atoms with van der Waals surface area (Å²) >= 11 is 1.87. The fraction of sp³-hybridized carbons (Fsp3) is 0.278. The van der Waals surface area contributed by atoms with Crippen molar-refractivity contribution >= 4 is 23.3 Å². The molecule has 2 aromatic carbocycles. The molecule has 0 spiro atoms. The van der Waals surface area contributed by atoms with E-state index in [1.54, 1.807) is 14.2 Å². The first-order valence-electron chi connectivity index (χ1n) is 7.57. The van der Waals surface area contributed by atoms with Gasteiger partial charge in [-0.3, -0.25) is 5.01 Å². The zero-order valence-electron chi connectivity index (χ0n) is 13.5. The van der Waals surface area contributed by atoms with Crippen LogP contribution in [0, 0.1) is 0 Å². The van der Waals surface area contributed by atoms with Gasteiger partial charge in [0, 0.05) is 19.1 Å². The van der Waals surface area contributed by atoms with Gasteiger partial charge in [0.2, 0.25) is 0 Å². The van der Waals surface area contributed by atoms with Crippen molar-refractivity contribution in [1.82, 2.24) is 5.01 Å². The molecule has 0 amide bonds. The van der Waals surface area contributed by atoms with Gasteiger partial charge in [0.05, 0.1) is 18.0 Å². The largest absolute Gasteiger partial charge is 0.388 e. The van der Waals surface area contributed by atoms with E-state index in [0.717, 1.165) is 19.0 Å². The number of rotatable bonds is 2. The first-order valence-corrected chi connectivity index (χ1v) is 8.56. The van der Waals surface area contributed by atoms with E-state index in [0.29, 0.717) is 0 Å². The number of hydrazone groups is 1. The second kappa shape index (κ2) is 7.53. The molecule has 0 aliphatic carbocycles. The molecule has 5 heteroatoms. The van der Waals surface area contributed by atoms with Crippen molar-refractivity contribution in [3.63, 3.8) is 0 Å². The van der Waals surface area contributed by atoms with Crippen LogP contribution in [0.3, 0.4) is 0 Å². The number of methoxy groups -OCH3 is 1. The van der Waals surface area contributed by atoms with E-state index in [4.69, 9.17) is 5.10 Å². The van der Waals surface area contributed by atoms with Crippen LogP contribution in [0.15, 0.2) is 64.6 Å². The van der Waals surface area contributed by atoms with E-state index in [9.17, 15) is 0 Å². The summed E-state index contributed by atoms with van der Waals surface area (Å²) in [6, 6.07) is 19.1. The van der Waals surface area contributed by atoms with E-state index in [2.05, 4.69) is 69.2 Å². The summed E-state index contributed by atoms with van der Waals surface area (Å²) in [6.45, 7) is 1.72. The lowest BCUT2D eigenvalue weighted by Gasteiger charge is -2.27. The molecular formula is C18H21N3OS. The highest BCUT2D eigenvalue weighted by Gasteiger charge is 2.29. The van der Waals surface area contributed by atoms with Crippen LogP contribution in [0.1, 0.15) is 5.56 Å². The Hall–Kier alpha value is -1.98. The molecule has 0 N–H and O–H groups in total.